The minimum atomic E-state index is -0.288. The van der Waals surface area contributed by atoms with Gasteiger partial charge in [0.15, 0.2) is 0 Å². The number of carbonyl (C=O) groups is 1. The first-order valence-corrected chi connectivity index (χ1v) is 5.26. The Bertz CT molecular complexity index is 355. The number of nitrogens with zero attached hydrogens (tertiary/aromatic N) is 1. The van der Waals surface area contributed by atoms with Crippen LogP contribution in [0.25, 0.3) is 0 Å². The van der Waals surface area contributed by atoms with E-state index in [2.05, 4.69) is 10.3 Å². The van der Waals surface area contributed by atoms with Gasteiger partial charge in [-0.3, -0.25) is 9.78 Å². The van der Waals surface area contributed by atoms with E-state index < -0.39 is 0 Å². The van der Waals surface area contributed by atoms with Crippen molar-refractivity contribution >= 4 is 5.91 Å². The highest BCUT2D eigenvalue weighted by molar-refractivity contribution is 5.96. The number of pyridine rings is 1. The molecule has 0 fully saturated rings. The Balaban J connectivity index is 2.50. The molecule has 5 nitrogen and oxygen atoms in total. The molecule has 16 heavy (non-hydrogen) atoms. The normalized spacial score (nSPS) is 12.1. The molecule has 1 rings (SSSR count). The number of rotatable bonds is 5. The van der Waals surface area contributed by atoms with Crippen LogP contribution in [0.15, 0.2) is 18.5 Å². The number of carbonyl (C=O) groups excluding carboxylic acids is 1. The molecular weight excluding hydrogens is 206 g/mol. The number of aromatic hydroxyl groups is 1. The third-order valence-corrected chi connectivity index (χ3v) is 2.32. The van der Waals surface area contributed by atoms with E-state index in [9.17, 15) is 9.90 Å². The number of nitrogens with one attached hydrogen (secondary N) is 1. The summed E-state index contributed by atoms with van der Waals surface area (Å²) in [7, 11) is 0. The second-order valence-corrected chi connectivity index (χ2v) is 3.79. The summed E-state index contributed by atoms with van der Waals surface area (Å²) in [6.07, 6.45) is 3.58. The molecule has 1 aromatic heterocycles. The topological polar surface area (TPSA) is 88.2 Å². The molecule has 1 unspecified atom stereocenters. The van der Waals surface area contributed by atoms with Crippen molar-refractivity contribution in [3.63, 3.8) is 0 Å². The lowest BCUT2D eigenvalue weighted by Crippen LogP contribution is -2.29. The molecule has 1 atom stereocenters. The van der Waals surface area contributed by atoms with E-state index in [0.29, 0.717) is 19.0 Å². The van der Waals surface area contributed by atoms with E-state index in [1.165, 1.54) is 18.5 Å². The molecule has 88 valence electrons. The second kappa shape index (κ2) is 6.07. The van der Waals surface area contributed by atoms with Crippen LogP contribution in [0.3, 0.4) is 0 Å². The Labute approximate surface area is 94.7 Å². The maximum Gasteiger partial charge on any atom is 0.255 e. The Hall–Kier alpha value is -1.62. The molecule has 0 radical (unpaired) electrons. The zero-order chi connectivity index (χ0) is 12.0. The summed E-state index contributed by atoms with van der Waals surface area (Å²) in [4.78, 5) is 15.3. The van der Waals surface area contributed by atoms with E-state index in [-0.39, 0.29) is 17.2 Å². The third kappa shape index (κ3) is 3.51. The van der Waals surface area contributed by atoms with Gasteiger partial charge in [0.05, 0.1) is 11.8 Å². The summed E-state index contributed by atoms with van der Waals surface area (Å²) in [5.41, 5.74) is 5.66. The zero-order valence-corrected chi connectivity index (χ0v) is 9.31. The number of nitrogens with two attached hydrogens (primary N) is 1. The molecule has 5 heteroatoms. The van der Waals surface area contributed by atoms with Gasteiger partial charge in [0.2, 0.25) is 0 Å². The van der Waals surface area contributed by atoms with E-state index in [4.69, 9.17) is 5.73 Å². The Morgan fingerprint density at radius 2 is 2.44 bits per heavy atom. The van der Waals surface area contributed by atoms with Crippen molar-refractivity contribution in [2.45, 2.75) is 13.3 Å². The van der Waals surface area contributed by atoms with Gasteiger partial charge in [-0.25, -0.2) is 0 Å². The fourth-order valence-electron chi connectivity index (χ4n) is 1.33. The van der Waals surface area contributed by atoms with Gasteiger partial charge >= 0.3 is 0 Å². The first-order valence-electron chi connectivity index (χ1n) is 5.26. The molecule has 0 aromatic carbocycles. The van der Waals surface area contributed by atoms with Gasteiger partial charge in [-0.05, 0) is 24.9 Å². The first-order chi connectivity index (χ1) is 7.65. The number of amides is 1. The van der Waals surface area contributed by atoms with Crippen molar-refractivity contribution in [1.29, 1.82) is 0 Å². The predicted molar refractivity (Wildman–Crippen MR) is 61.1 cm³/mol. The molecule has 1 heterocycles. The van der Waals surface area contributed by atoms with Crippen molar-refractivity contribution < 1.29 is 9.90 Å². The van der Waals surface area contributed by atoms with Crippen molar-refractivity contribution in [3.8, 4) is 5.75 Å². The molecular formula is C11H17N3O2. The van der Waals surface area contributed by atoms with Gasteiger partial charge in [0, 0.05) is 12.7 Å². The number of aromatic nitrogens is 1. The van der Waals surface area contributed by atoms with Gasteiger partial charge in [-0.15, -0.1) is 0 Å². The lowest BCUT2D eigenvalue weighted by Gasteiger charge is -2.11. The molecule has 0 aliphatic heterocycles. The molecule has 0 saturated carbocycles. The summed E-state index contributed by atoms with van der Waals surface area (Å²) in [6.45, 7) is 3.18. The van der Waals surface area contributed by atoms with Gasteiger partial charge in [0.1, 0.15) is 5.75 Å². The van der Waals surface area contributed by atoms with Crippen LogP contribution < -0.4 is 11.1 Å². The Morgan fingerprint density at radius 1 is 1.69 bits per heavy atom. The SMILES string of the molecule is CC(CCN)CNC(=O)c1ccncc1O. The zero-order valence-electron chi connectivity index (χ0n) is 9.31. The number of hydrogen-bond donors (Lipinski definition) is 3. The molecule has 0 bridgehead atoms. The summed E-state index contributed by atoms with van der Waals surface area (Å²) in [5.74, 6) is -0.0619. The molecule has 4 N–H and O–H groups in total. The monoisotopic (exact) mass is 223 g/mol. The maximum absolute atomic E-state index is 11.6. The molecule has 0 aliphatic carbocycles. The molecule has 0 aliphatic rings. The fourth-order valence-corrected chi connectivity index (χ4v) is 1.33. The number of hydrogen-bond acceptors (Lipinski definition) is 4. The van der Waals surface area contributed by atoms with Crippen LogP contribution in [0.4, 0.5) is 0 Å². The molecule has 0 saturated heterocycles. The summed E-state index contributed by atoms with van der Waals surface area (Å²) >= 11 is 0. The fraction of sp³-hybridized carbons (Fsp3) is 0.455. The molecule has 1 aromatic rings. The van der Waals surface area contributed by atoms with Crippen LogP contribution in [0.5, 0.6) is 5.75 Å². The van der Waals surface area contributed by atoms with Crippen LogP contribution >= 0.6 is 0 Å². The van der Waals surface area contributed by atoms with E-state index >= 15 is 0 Å². The summed E-state index contributed by atoms with van der Waals surface area (Å²) in [5, 5.41) is 12.1. The van der Waals surface area contributed by atoms with E-state index in [1.807, 2.05) is 6.92 Å². The van der Waals surface area contributed by atoms with E-state index in [0.717, 1.165) is 6.42 Å². The van der Waals surface area contributed by atoms with Gasteiger partial charge in [-0.2, -0.15) is 0 Å². The van der Waals surface area contributed by atoms with E-state index in [1.54, 1.807) is 0 Å². The molecule has 0 spiro atoms. The lowest BCUT2D eigenvalue weighted by molar-refractivity contribution is 0.0945. The van der Waals surface area contributed by atoms with Crippen LogP contribution in [0, 0.1) is 5.92 Å². The van der Waals surface area contributed by atoms with Gasteiger partial charge in [0.25, 0.3) is 5.91 Å². The largest absolute Gasteiger partial charge is 0.505 e. The minimum absolute atomic E-state index is 0.105. The highest BCUT2D eigenvalue weighted by Crippen LogP contribution is 2.13. The molecule has 1 amide bonds. The average molecular weight is 223 g/mol. The van der Waals surface area contributed by atoms with Crippen LogP contribution in [0.1, 0.15) is 23.7 Å². The Morgan fingerprint density at radius 3 is 3.06 bits per heavy atom. The highest BCUT2D eigenvalue weighted by Gasteiger charge is 2.11. The van der Waals surface area contributed by atoms with Crippen LogP contribution in [0.2, 0.25) is 0 Å². The van der Waals surface area contributed by atoms with Crippen molar-refractivity contribution in [2.24, 2.45) is 11.7 Å². The summed E-state index contributed by atoms with van der Waals surface area (Å²) in [6, 6.07) is 1.48. The van der Waals surface area contributed by atoms with Gasteiger partial charge < -0.3 is 16.2 Å². The van der Waals surface area contributed by atoms with Crippen molar-refractivity contribution in [3.05, 3.63) is 24.0 Å². The Kier molecular flexibility index (Phi) is 4.72. The predicted octanol–water partition coefficient (Wildman–Crippen LogP) is 0.502. The summed E-state index contributed by atoms with van der Waals surface area (Å²) < 4.78 is 0. The third-order valence-electron chi connectivity index (χ3n) is 2.32. The lowest BCUT2D eigenvalue weighted by atomic mass is 10.1. The highest BCUT2D eigenvalue weighted by atomic mass is 16.3. The van der Waals surface area contributed by atoms with Crippen molar-refractivity contribution in [1.82, 2.24) is 10.3 Å². The maximum atomic E-state index is 11.6. The van der Waals surface area contributed by atoms with Crippen LogP contribution in [-0.2, 0) is 0 Å². The van der Waals surface area contributed by atoms with Crippen molar-refractivity contribution in [2.75, 3.05) is 13.1 Å². The second-order valence-electron chi connectivity index (χ2n) is 3.79. The van der Waals surface area contributed by atoms with Gasteiger partial charge in [-0.1, -0.05) is 6.92 Å². The van der Waals surface area contributed by atoms with Crippen LogP contribution in [-0.4, -0.2) is 29.1 Å². The minimum Gasteiger partial charge on any atom is -0.505 e. The quantitative estimate of drug-likeness (QED) is 0.678. The smallest absolute Gasteiger partial charge is 0.255 e. The standard InChI is InChI=1S/C11H17N3O2/c1-8(2-4-12)6-14-11(16)9-3-5-13-7-10(9)15/h3,5,7-8,15H,2,4,6,12H2,1H3,(H,14,16). The first kappa shape index (κ1) is 12.4. The average Bonchev–Trinajstić information content (AvgIpc) is 2.27.